The van der Waals surface area contributed by atoms with Gasteiger partial charge in [0.25, 0.3) is 0 Å². The van der Waals surface area contributed by atoms with Crippen LogP contribution in [0.4, 0.5) is 0 Å². The normalized spacial score (nSPS) is 13.7. The molecule has 0 aliphatic heterocycles. The number of hydrogen-bond donors (Lipinski definition) is 8. The summed E-state index contributed by atoms with van der Waals surface area (Å²) in [6.07, 6.45) is 0.706. The number of benzene rings is 2. The van der Waals surface area contributed by atoms with Gasteiger partial charge in [0.2, 0.25) is 17.7 Å². The number of aliphatic carboxylic acids is 2. The Hall–Kier alpha value is -4.49. The summed E-state index contributed by atoms with van der Waals surface area (Å²) in [4.78, 5) is 62.6. The average molecular weight is 586 g/mol. The lowest BCUT2D eigenvalue weighted by molar-refractivity contribution is -0.143. The van der Waals surface area contributed by atoms with Crippen molar-refractivity contribution in [3.63, 3.8) is 0 Å². The first-order valence-corrected chi connectivity index (χ1v) is 13.6. The predicted octanol–water partition coefficient (Wildman–Crippen LogP) is 0.0375. The lowest BCUT2D eigenvalue weighted by Crippen LogP contribution is -2.57. The Bertz CT molecular complexity index is 1190. The summed E-state index contributed by atoms with van der Waals surface area (Å²) in [6, 6.07) is 9.62. The third kappa shape index (κ3) is 11.9. The summed E-state index contributed by atoms with van der Waals surface area (Å²) in [5.41, 5.74) is 12.7. The number of aromatic hydroxyl groups is 1. The lowest BCUT2D eigenvalue weighted by atomic mass is 10.0. The molecule has 10 N–H and O–H groups in total. The summed E-state index contributed by atoms with van der Waals surface area (Å²) < 4.78 is 0. The van der Waals surface area contributed by atoms with Crippen LogP contribution in [0.2, 0.25) is 0 Å². The van der Waals surface area contributed by atoms with E-state index in [-0.39, 0.29) is 25.0 Å². The standard InChI is InChI=1S/C29H39N5O8/c30-15-5-4-8-21(31)26(38)33-23(16-19-9-11-20(35)12-10-19)28(40)32-22(13-14-25(36)37)27(39)34-24(29(41)42)17-18-6-2-1-3-7-18/h1-3,6-7,9-12,21-24,35H,4-5,8,13-17,30-31H2,(H,32,40)(H,33,38)(H,34,39)(H,36,37)(H,41,42). The number of unbranched alkanes of at least 4 members (excludes halogenated alkanes) is 1. The number of carbonyl (C=O) groups excluding carboxylic acids is 3. The van der Waals surface area contributed by atoms with Gasteiger partial charge < -0.3 is 42.7 Å². The van der Waals surface area contributed by atoms with Gasteiger partial charge in [-0.1, -0.05) is 48.9 Å². The van der Waals surface area contributed by atoms with Crippen molar-refractivity contribution in [2.45, 2.75) is 69.1 Å². The number of nitrogens with one attached hydrogen (secondary N) is 3. The highest BCUT2D eigenvalue weighted by Gasteiger charge is 2.31. The number of carbonyl (C=O) groups is 5. The van der Waals surface area contributed by atoms with Gasteiger partial charge in [0, 0.05) is 19.3 Å². The molecule has 13 heteroatoms. The zero-order valence-electron chi connectivity index (χ0n) is 23.2. The Kier molecular flexibility index (Phi) is 13.9. The molecule has 3 amide bonds. The second kappa shape index (κ2) is 17.4. The lowest BCUT2D eigenvalue weighted by Gasteiger charge is -2.25. The van der Waals surface area contributed by atoms with Crippen molar-refractivity contribution in [1.29, 1.82) is 0 Å². The number of nitrogens with two attached hydrogens (primary N) is 2. The number of rotatable bonds is 18. The molecule has 2 aromatic rings. The minimum absolute atomic E-state index is 0.000365. The van der Waals surface area contributed by atoms with Crippen LogP contribution in [0.5, 0.6) is 5.75 Å². The molecule has 0 saturated carbocycles. The molecule has 2 rings (SSSR count). The number of hydrogen-bond acceptors (Lipinski definition) is 8. The summed E-state index contributed by atoms with van der Waals surface area (Å²) in [6.45, 7) is 0.439. The highest BCUT2D eigenvalue weighted by atomic mass is 16.4. The van der Waals surface area contributed by atoms with Crippen molar-refractivity contribution >= 4 is 29.7 Å². The topological polar surface area (TPSA) is 234 Å². The van der Waals surface area contributed by atoms with Gasteiger partial charge in [-0.05, 0) is 49.1 Å². The van der Waals surface area contributed by atoms with E-state index in [4.69, 9.17) is 11.5 Å². The van der Waals surface area contributed by atoms with Crippen molar-refractivity contribution in [2.24, 2.45) is 11.5 Å². The highest BCUT2D eigenvalue weighted by molar-refractivity contribution is 5.94. The molecule has 4 atom stereocenters. The van der Waals surface area contributed by atoms with E-state index in [1.165, 1.54) is 12.1 Å². The van der Waals surface area contributed by atoms with Gasteiger partial charge in [0.15, 0.2) is 0 Å². The first-order valence-electron chi connectivity index (χ1n) is 13.6. The minimum atomic E-state index is -1.41. The van der Waals surface area contributed by atoms with E-state index >= 15 is 0 Å². The van der Waals surface area contributed by atoms with E-state index in [0.717, 1.165) is 0 Å². The second-order valence-corrected chi connectivity index (χ2v) is 9.91. The molecule has 0 aliphatic rings. The van der Waals surface area contributed by atoms with Crippen LogP contribution < -0.4 is 27.4 Å². The summed E-state index contributed by atoms with van der Waals surface area (Å²) in [5.74, 6) is -4.83. The molecule has 0 saturated heterocycles. The number of phenols is 1. The van der Waals surface area contributed by atoms with E-state index in [9.17, 15) is 39.3 Å². The molecule has 0 bridgehead atoms. The summed E-state index contributed by atoms with van der Waals surface area (Å²) in [7, 11) is 0. The van der Waals surface area contributed by atoms with Gasteiger partial charge in [-0.25, -0.2) is 4.79 Å². The first-order chi connectivity index (χ1) is 20.0. The van der Waals surface area contributed by atoms with Crippen molar-refractivity contribution in [1.82, 2.24) is 16.0 Å². The molecule has 13 nitrogen and oxygen atoms in total. The molecule has 0 radical (unpaired) electrons. The average Bonchev–Trinajstić information content (AvgIpc) is 2.95. The van der Waals surface area contributed by atoms with E-state index in [2.05, 4.69) is 16.0 Å². The highest BCUT2D eigenvalue weighted by Crippen LogP contribution is 2.13. The molecule has 42 heavy (non-hydrogen) atoms. The van der Waals surface area contributed by atoms with Gasteiger partial charge in [0.1, 0.15) is 23.9 Å². The van der Waals surface area contributed by atoms with Crippen molar-refractivity contribution in [3.8, 4) is 5.75 Å². The SMILES string of the molecule is NCCCCC(N)C(=O)NC(Cc1ccc(O)cc1)C(=O)NC(CCC(=O)O)C(=O)NC(Cc1ccccc1)C(=O)O. The molecule has 4 unspecified atom stereocenters. The zero-order valence-corrected chi connectivity index (χ0v) is 23.2. The van der Waals surface area contributed by atoms with Gasteiger partial charge in [-0.3, -0.25) is 19.2 Å². The fourth-order valence-corrected chi connectivity index (χ4v) is 4.13. The van der Waals surface area contributed by atoms with E-state index in [1.54, 1.807) is 42.5 Å². The Morgan fingerprint density at radius 2 is 1.24 bits per heavy atom. The van der Waals surface area contributed by atoms with E-state index in [0.29, 0.717) is 36.9 Å². The van der Waals surface area contributed by atoms with E-state index in [1.807, 2.05) is 0 Å². The summed E-state index contributed by atoms with van der Waals surface area (Å²) in [5, 5.41) is 35.9. The molecule has 228 valence electrons. The van der Waals surface area contributed by atoms with Gasteiger partial charge in [-0.15, -0.1) is 0 Å². The van der Waals surface area contributed by atoms with Crippen LogP contribution in [0.15, 0.2) is 54.6 Å². The third-order valence-electron chi connectivity index (χ3n) is 6.49. The van der Waals surface area contributed by atoms with Gasteiger partial charge >= 0.3 is 11.9 Å². The zero-order chi connectivity index (χ0) is 31.1. The van der Waals surface area contributed by atoms with Crippen LogP contribution >= 0.6 is 0 Å². The number of carboxylic acid groups (broad SMARTS) is 2. The van der Waals surface area contributed by atoms with Crippen LogP contribution in [-0.2, 0) is 36.8 Å². The van der Waals surface area contributed by atoms with Crippen molar-refractivity contribution < 1.29 is 39.3 Å². The maximum Gasteiger partial charge on any atom is 0.326 e. The number of phenolic OH excluding ortho intramolecular Hbond substituents is 1. The molecule has 0 fully saturated rings. The Labute approximate surface area is 243 Å². The van der Waals surface area contributed by atoms with Crippen molar-refractivity contribution in [2.75, 3.05) is 6.54 Å². The molecule has 0 spiro atoms. The Morgan fingerprint density at radius 1 is 0.690 bits per heavy atom. The molecular formula is C29H39N5O8. The maximum atomic E-state index is 13.4. The van der Waals surface area contributed by atoms with Crippen LogP contribution in [0.1, 0.15) is 43.2 Å². The molecule has 2 aromatic carbocycles. The first kappa shape index (κ1) is 33.7. The number of amides is 3. The number of carboxylic acids is 2. The third-order valence-corrected chi connectivity index (χ3v) is 6.49. The van der Waals surface area contributed by atoms with Crippen LogP contribution in [0.3, 0.4) is 0 Å². The molecule has 0 aromatic heterocycles. The monoisotopic (exact) mass is 585 g/mol. The maximum absolute atomic E-state index is 13.4. The molecule has 0 heterocycles. The Balaban J connectivity index is 2.23. The Morgan fingerprint density at radius 3 is 1.83 bits per heavy atom. The predicted molar refractivity (Wildman–Crippen MR) is 153 cm³/mol. The van der Waals surface area contributed by atoms with Crippen LogP contribution in [-0.4, -0.2) is 75.7 Å². The van der Waals surface area contributed by atoms with Gasteiger partial charge in [-0.2, -0.15) is 0 Å². The fraction of sp³-hybridized carbons (Fsp3) is 0.414. The van der Waals surface area contributed by atoms with Crippen LogP contribution in [0, 0.1) is 0 Å². The second-order valence-electron chi connectivity index (χ2n) is 9.91. The van der Waals surface area contributed by atoms with Crippen LogP contribution in [0.25, 0.3) is 0 Å². The van der Waals surface area contributed by atoms with E-state index < -0.39 is 60.2 Å². The largest absolute Gasteiger partial charge is 0.508 e. The minimum Gasteiger partial charge on any atom is -0.508 e. The van der Waals surface area contributed by atoms with Gasteiger partial charge in [0.05, 0.1) is 6.04 Å². The molecular weight excluding hydrogens is 546 g/mol. The summed E-state index contributed by atoms with van der Waals surface area (Å²) >= 11 is 0. The fourth-order valence-electron chi connectivity index (χ4n) is 4.13. The smallest absolute Gasteiger partial charge is 0.326 e. The molecule has 0 aliphatic carbocycles. The quantitative estimate of drug-likeness (QED) is 0.109. The van der Waals surface area contributed by atoms with Crippen molar-refractivity contribution in [3.05, 3.63) is 65.7 Å².